The minimum Gasteiger partial charge on any atom is -0.360 e. The van der Waals surface area contributed by atoms with Crippen molar-refractivity contribution < 1.29 is 17.7 Å². The average Bonchev–Trinajstić information content (AvgIpc) is 3.30. The third kappa shape index (κ3) is 3.47. The fraction of sp³-hybridized carbons (Fsp3) is 0.273. The van der Waals surface area contributed by atoms with E-state index in [9.17, 15) is 13.2 Å². The van der Waals surface area contributed by atoms with Crippen LogP contribution in [0.15, 0.2) is 57.9 Å². The fourth-order valence-corrected chi connectivity index (χ4v) is 5.50. The first kappa shape index (κ1) is 20.2. The van der Waals surface area contributed by atoms with E-state index in [4.69, 9.17) is 4.52 Å². The number of aromatic nitrogens is 1. The molecule has 1 amide bonds. The van der Waals surface area contributed by atoms with Gasteiger partial charge in [0.15, 0.2) is 10.7 Å². The molecule has 0 aliphatic carbocycles. The highest BCUT2D eigenvalue weighted by atomic mass is 32.2. The first-order chi connectivity index (χ1) is 14.3. The molecule has 2 aromatic carbocycles. The maximum atomic E-state index is 13.6. The van der Waals surface area contributed by atoms with E-state index < -0.39 is 10.0 Å². The van der Waals surface area contributed by atoms with Gasteiger partial charge in [0.05, 0.1) is 5.69 Å². The Kier molecular flexibility index (Phi) is 5.11. The Morgan fingerprint density at radius 3 is 2.47 bits per heavy atom. The largest absolute Gasteiger partial charge is 0.360 e. The molecule has 0 bridgehead atoms. The number of anilines is 2. The highest BCUT2D eigenvalue weighted by Gasteiger charge is 2.35. The molecule has 3 aromatic rings. The average molecular weight is 426 g/mol. The van der Waals surface area contributed by atoms with Crippen LogP contribution in [-0.2, 0) is 21.2 Å². The van der Waals surface area contributed by atoms with Crippen LogP contribution in [0, 0.1) is 20.8 Å². The van der Waals surface area contributed by atoms with E-state index in [1.807, 2.05) is 43.3 Å². The molecule has 0 atom stereocenters. The summed E-state index contributed by atoms with van der Waals surface area (Å²) in [6, 6.07) is 14.7. The van der Waals surface area contributed by atoms with E-state index in [0.29, 0.717) is 12.2 Å². The number of nitrogens with zero attached hydrogens (tertiary/aromatic N) is 3. The standard InChI is InChI=1S/C22H23N3O4S/c1-15-8-10-19(11-9-15)25(30(27,28)22-16(2)23-29-17(22)3)14-21(26)24-13-12-18-6-4-5-7-20(18)24/h4-11H,12-14H2,1-3H3. The van der Waals surface area contributed by atoms with Crippen molar-refractivity contribution in [3.63, 3.8) is 0 Å². The topological polar surface area (TPSA) is 83.7 Å². The van der Waals surface area contributed by atoms with Gasteiger partial charge in [0.2, 0.25) is 5.91 Å². The van der Waals surface area contributed by atoms with Gasteiger partial charge in [0.1, 0.15) is 12.2 Å². The second-order valence-electron chi connectivity index (χ2n) is 7.42. The van der Waals surface area contributed by atoms with Crippen molar-refractivity contribution in [1.29, 1.82) is 0 Å². The Bertz CT molecular complexity index is 1180. The number of carbonyl (C=O) groups excluding carboxylic acids is 1. The maximum Gasteiger partial charge on any atom is 0.270 e. The molecule has 7 nitrogen and oxygen atoms in total. The summed E-state index contributed by atoms with van der Waals surface area (Å²) in [5.74, 6) is -0.0839. The van der Waals surface area contributed by atoms with Gasteiger partial charge in [-0.2, -0.15) is 0 Å². The smallest absolute Gasteiger partial charge is 0.270 e. The molecule has 2 heterocycles. The predicted octanol–water partition coefficient (Wildman–Crippen LogP) is 3.38. The molecular formula is C22H23N3O4S. The zero-order chi connectivity index (χ0) is 21.5. The lowest BCUT2D eigenvalue weighted by Crippen LogP contribution is -2.43. The van der Waals surface area contributed by atoms with Gasteiger partial charge in [-0.3, -0.25) is 9.10 Å². The van der Waals surface area contributed by atoms with E-state index in [1.54, 1.807) is 30.9 Å². The third-order valence-corrected chi connectivity index (χ3v) is 7.32. The molecular weight excluding hydrogens is 402 g/mol. The predicted molar refractivity (Wildman–Crippen MR) is 114 cm³/mol. The third-order valence-electron chi connectivity index (χ3n) is 5.30. The van der Waals surface area contributed by atoms with Gasteiger partial charge >= 0.3 is 0 Å². The van der Waals surface area contributed by atoms with Crippen LogP contribution in [0.5, 0.6) is 0 Å². The molecule has 0 radical (unpaired) electrons. The molecule has 30 heavy (non-hydrogen) atoms. The summed E-state index contributed by atoms with van der Waals surface area (Å²) < 4.78 is 33.4. The molecule has 0 spiro atoms. The number of aryl methyl sites for hydroxylation is 3. The second-order valence-corrected chi connectivity index (χ2v) is 9.22. The number of rotatable bonds is 5. The molecule has 4 rings (SSSR count). The van der Waals surface area contributed by atoms with Gasteiger partial charge in [-0.1, -0.05) is 41.1 Å². The normalized spacial score (nSPS) is 13.4. The van der Waals surface area contributed by atoms with Crippen molar-refractivity contribution in [3.05, 3.63) is 71.1 Å². The fourth-order valence-electron chi connectivity index (χ4n) is 3.78. The van der Waals surface area contributed by atoms with Crippen molar-refractivity contribution >= 4 is 27.3 Å². The number of fused-ring (bicyclic) bond motifs is 1. The monoisotopic (exact) mass is 425 g/mol. The highest BCUT2D eigenvalue weighted by molar-refractivity contribution is 7.93. The number of carbonyl (C=O) groups is 1. The van der Waals surface area contributed by atoms with Gasteiger partial charge in [0.25, 0.3) is 10.0 Å². The molecule has 8 heteroatoms. The van der Waals surface area contributed by atoms with Crippen LogP contribution in [0.2, 0.25) is 0 Å². The lowest BCUT2D eigenvalue weighted by atomic mass is 10.2. The van der Waals surface area contributed by atoms with Crippen LogP contribution in [0.4, 0.5) is 11.4 Å². The van der Waals surface area contributed by atoms with E-state index in [-0.39, 0.29) is 28.8 Å². The van der Waals surface area contributed by atoms with Crippen LogP contribution in [0.3, 0.4) is 0 Å². The number of para-hydroxylation sites is 1. The van der Waals surface area contributed by atoms with E-state index in [1.165, 1.54) is 0 Å². The lowest BCUT2D eigenvalue weighted by Gasteiger charge is -2.26. The molecule has 0 unspecified atom stereocenters. The van der Waals surface area contributed by atoms with Crippen molar-refractivity contribution in [2.24, 2.45) is 0 Å². The first-order valence-corrected chi connectivity index (χ1v) is 11.1. The summed E-state index contributed by atoms with van der Waals surface area (Å²) >= 11 is 0. The Morgan fingerprint density at radius 2 is 1.80 bits per heavy atom. The highest BCUT2D eigenvalue weighted by Crippen LogP contribution is 2.31. The van der Waals surface area contributed by atoms with Crippen molar-refractivity contribution in [3.8, 4) is 0 Å². The van der Waals surface area contributed by atoms with Crippen molar-refractivity contribution in [2.45, 2.75) is 32.1 Å². The number of sulfonamides is 1. The van der Waals surface area contributed by atoms with E-state index >= 15 is 0 Å². The molecule has 0 N–H and O–H groups in total. The van der Waals surface area contributed by atoms with Crippen LogP contribution in [0.1, 0.15) is 22.6 Å². The molecule has 1 aliphatic heterocycles. The zero-order valence-electron chi connectivity index (χ0n) is 17.1. The molecule has 0 saturated carbocycles. The molecule has 156 valence electrons. The first-order valence-electron chi connectivity index (χ1n) is 9.69. The quantitative estimate of drug-likeness (QED) is 0.626. The van der Waals surface area contributed by atoms with Crippen LogP contribution in [-0.4, -0.2) is 32.6 Å². The molecule has 1 aliphatic rings. The van der Waals surface area contributed by atoms with Crippen LogP contribution in [0.25, 0.3) is 0 Å². The molecule has 1 aromatic heterocycles. The number of benzene rings is 2. The number of hydrogen-bond donors (Lipinski definition) is 0. The summed E-state index contributed by atoms with van der Waals surface area (Å²) in [7, 11) is -4.06. The summed E-state index contributed by atoms with van der Waals surface area (Å²) in [5, 5.41) is 3.78. The van der Waals surface area contributed by atoms with Gasteiger partial charge < -0.3 is 9.42 Å². The van der Waals surface area contributed by atoms with Gasteiger partial charge in [0, 0.05) is 12.2 Å². The molecule has 0 saturated heterocycles. The van der Waals surface area contributed by atoms with E-state index in [0.717, 1.165) is 27.5 Å². The van der Waals surface area contributed by atoms with Crippen molar-refractivity contribution in [2.75, 3.05) is 22.3 Å². The summed E-state index contributed by atoms with van der Waals surface area (Å²) in [6.07, 6.45) is 0.753. The SMILES string of the molecule is Cc1ccc(N(CC(=O)N2CCc3ccccc32)S(=O)(=O)c2c(C)noc2C)cc1. The summed E-state index contributed by atoms with van der Waals surface area (Å²) in [4.78, 5) is 14.9. The Balaban J connectivity index is 1.74. The Labute approximate surface area is 176 Å². The lowest BCUT2D eigenvalue weighted by molar-refractivity contribution is -0.117. The number of hydrogen-bond acceptors (Lipinski definition) is 5. The minimum atomic E-state index is -4.06. The van der Waals surface area contributed by atoms with Gasteiger partial charge in [-0.25, -0.2) is 8.42 Å². The zero-order valence-corrected chi connectivity index (χ0v) is 17.9. The molecule has 0 fully saturated rings. The minimum absolute atomic E-state index is 0.00213. The van der Waals surface area contributed by atoms with Crippen LogP contribution < -0.4 is 9.21 Å². The van der Waals surface area contributed by atoms with Gasteiger partial charge in [-0.05, 0) is 51.0 Å². The van der Waals surface area contributed by atoms with E-state index in [2.05, 4.69) is 5.16 Å². The summed E-state index contributed by atoms with van der Waals surface area (Å²) in [6.45, 7) is 5.27. The van der Waals surface area contributed by atoms with Gasteiger partial charge in [-0.15, -0.1) is 0 Å². The summed E-state index contributed by atoms with van der Waals surface area (Å²) in [5.41, 5.74) is 3.60. The second kappa shape index (κ2) is 7.60. The Morgan fingerprint density at radius 1 is 1.10 bits per heavy atom. The maximum absolute atomic E-state index is 13.6. The van der Waals surface area contributed by atoms with Crippen LogP contribution >= 0.6 is 0 Å². The van der Waals surface area contributed by atoms with Crippen molar-refractivity contribution in [1.82, 2.24) is 5.16 Å². The number of amides is 1. The Hall–Kier alpha value is -3.13.